The van der Waals surface area contributed by atoms with Crippen molar-refractivity contribution in [1.82, 2.24) is 10.3 Å². The van der Waals surface area contributed by atoms with Crippen LogP contribution in [0.4, 0.5) is 5.82 Å². The molecule has 6 heteroatoms. The van der Waals surface area contributed by atoms with Gasteiger partial charge in [0.05, 0.1) is 12.5 Å². The molecule has 0 aromatic carbocycles. The molecule has 0 radical (unpaired) electrons. The highest BCUT2D eigenvalue weighted by molar-refractivity contribution is 5.70. The van der Waals surface area contributed by atoms with Gasteiger partial charge >= 0.3 is 5.97 Å². The number of anilines is 1. The van der Waals surface area contributed by atoms with E-state index in [1.165, 1.54) is 0 Å². The molecule has 130 valence electrons. The Bertz CT molecular complexity index is 463. The number of aliphatic carboxylic acids is 1. The molecular formula is C17H29N3O3. The second-order valence-electron chi connectivity index (χ2n) is 6.23. The second kappa shape index (κ2) is 10.2. The quantitative estimate of drug-likeness (QED) is 0.649. The first kappa shape index (κ1) is 19.4. The molecule has 1 aromatic heterocycles. The Balaban J connectivity index is 2.44. The van der Waals surface area contributed by atoms with E-state index in [2.05, 4.69) is 10.3 Å². The van der Waals surface area contributed by atoms with Crippen LogP contribution in [0.2, 0.25) is 0 Å². The number of nitrogens with one attached hydrogen (secondary N) is 1. The zero-order valence-corrected chi connectivity index (χ0v) is 14.6. The average Bonchev–Trinajstić information content (AvgIpc) is 2.51. The number of likely N-dealkylation sites (N-methyl/N-ethyl adjacent to an activating group) is 1. The Kier molecular flexibility index (Phi) is 8.58. The number of carboxylic acid groups (broad SMARTS) is 1. The first-order valence-corrected chi connectivity index (χ1v) is 8.02. The summed E-state index contributed by atoms with van der Waals surface area (Å²) in [4.78, 5) is 17.7. The van der Waals surface area contributed by atoms with Gasteiger partial charge in [-0.2, -0.15) is 0 Å². The molecule has 23 heavy (non-hydrogen) atoms. The molecule has 0 spiro atoms. The molecule has 0 amide bonds. The van der Waals surface area contributed by atoms with Crippen LogP contribution in [0.5, 0.6) is 0 Å². The molecular weight excluding hydrogens is 294 g/mol. The predicted molar refractivity (Wildman–Crippen MR) is 91.7 cm³/mol. The van der Waals surface area contributed by atoms with Gasteiger partial charge in [-0.25, -0.2) is 4.98 Å². The van der Waals surface area contributed by atoms with Gasteiger partial charge in [0.15, 0.2) is 0 Å². The van der Waals surface area contributed by atoms with Gasteiger partial charge in [0.1, 0.15) is 5.82 Å². The summed E-state index contributed by atoms with van der Waals surface area (Å²) in [5, 5.41) is 12.4. The van der Waals surface area contributed by atoms with Crippen molar-refractivity contribution in [2.75, 3.05) is 38.8 Å². The van der Waals surface area contributed by atoms with Crippen molar-refractivity contribution in [1.29, 1.82) is 0 Å². The molecule has 1 heterocycles. The zero-order valence-electron chi connectivity index (χ0n) is 14.6. The highest BCUT2D eigenvalue weighted by atomic mass is 16.5. The molecule has 0 saturated carbocycles. The molecule has 1 aromatic rings. The molecule has 6 nitrogen and oxygen atoms in total. The van der Waals surface area contributed by atoms with Crippen molar-refractivity contribution in [3.8, 4) is 0 Å². The third-order valence-corrected chi connectivity index (χ3v) is 3.66. The first-order chi connectivity index (χ1) is 10.9. The summed E-state index contributed by atoms with van der Waals surface area (Å²) >= 11 is 0. The normalized spacial score (nSPS) is 12.4. The van der Waals surface area contributed by atoms with Gasteiger partial charge in [-0.1, -0.05) is 19.9 Å². The van der Waals surface area contributed by atoms with Gasteiger partial charge in [-0.3, -0.25) is 4.79 Å². The standard InChI is InChI=1S/C17H29N3O3/c1-13(2)9-15(17(21)22)12-18-10-14-5-6-16(19-11-14)20(3)7-8-23-4/h5-6,11,13,15,18H,7-10,12H2,1-4H3,(H,21,22). The van der Waals surface area contributed by atoms with Crippen molar-refractivity contribution in [2.45, 2.75) is 26.8 Å². The fraction of sp³-hybridized carbons (Fsp3) is 0.647. The molecule has 0 saturated heterocycles. The SMILES string of the molecule is COCCN(C)c1ccc(CNCC(CC(C)C)C(=O)O)cn1. The van der Waals surface area contributed by atoms with E-state index in [-0.39, 0.29) is 5.92 Å². The van der Waals surface area contributed by atoms with E-state index in [0.29, 0.717) is 32.0 Å². The van der Waals surface area contributed by atoms with Gasteiger partial charge < -0.3 is 20.1 Å². The topological polar surface area (TPSA) is 74.7 Å². The van der Waals surface area contributed by atoms with E-state index < -0.39 is 5.97 Å². The van der Waals surface area contributed by atoms with E-state index in [0.717, 1.165) is 17.9 Å². The zero-order chi connectivity index (χ0) is 17.2. The number of aromatic nitrogens is 1. The lowest BCUT2D eigenvalue weighted by molar-refractivity contribution is -0.142. The van der Waals surface area contributed by atoms with Crippen LogP contribution in [-0.4, -0.2) is 49.9 Å². The summed E-state index contributed by atoms with van der Waals surface area (Å²) in [7, 11) is 3.66. The molecule has 0 aliphatic carbocycles. The van der Waals surface area contributed by atoms with Crippen molar-refractivity contribution in [3.63, 3.8) is 0 Å². The van der Waals surface area contributed by atoms with Crippen molar-refractivity contribution >= 4 is 11.8 Å². The summed E-state index contributed by atoms with van der Waals surface area (Å²) in [6, 6.07) is 3.98. The molecule has 0 fully saturated rings. The number of carboxylic acids is 1. The van der Waals surface area contributed by atoms with Gasteiger partial charge in [0, 0.05) is 40.0 Å². The Morgan fingerprint density at radius 3 is 2.70 bits per heavy atom. The highest BCUT2D eigenvalue weighted by Gasteiger charge is 2.18. The minimum absolute atomic E-state index is 0.345. The van der Waals surface area contributed by atoms with Crippen LogP contribution in [0.15, 0.2) is 18.3 Å². The number of nitrogens with zero attached hydrogens (tertiary/aromatic N) is 2. The lowest BCUT2D eigenvalue weighted by atomic mass is 9.97. The Hall–Kier alpha value is -1.66. The molecule has 0 aliphatic rings. The molecule has 1 atom stereocenters. The minimum Gasteiger partial charge on any atom is -0.481 e. The molecule has 0 bridgehead atoms. The fourth-order valence-corrected chi connectivity index (χ4v) is 2.32. The van der Waals surface area contributed by atoms with Crippen LogP contribution >= 0.6 is 0 Å². The summed E-state index contributed by atoms with van der Waals surface area (Å²) in [6.45, 7) is 6.63. The Morgan fingerprint density at radius 2 is 2.17 bits per heavy atom. The first-order valence-electron chi connectivity index (χ1n) is 8.02. The summed E-state index contributed by atoms with van der Waals surface area (Å²) < 4.78 is 5.05. The summed E-state index contributed by atoms with van der Waals surface area (Å²) in [5.41, 5.74) is 1.04. The van der Waals surface area contributed by atoms with E-state index in [1.54, 1.807) is 7.11 Å². The number of carbonyl (C=O) groups is 1. The smallest absolute Gasteiger partial charge is 0.307 e. The maximum absolute atomic E-state index is 11.2. The maximum atomic E-state index is 11.2. The van der Waals surface area contributed by atoms with Crippen LogP contribution in [0.3, 0.4) is 0 Å². The summed E-state index contributed by atoms with van der Waals surface area (Å²) in [5.74, 6) is 0.192. The van der Waals surface area contributed by atoms with E-state index in [1.807, 2.05) is 44.1 Å². The van der Waals surface area contributed by atoms with Gasteiger partial charge in [0.2, 0.25) is 0 Å². The van der Waals surface area contributed by atoms with Crippen molar-refractivity contribution < 1.29 is 14.6 Å². The number of rotatable bonds is 11. The monoisotopic (exact) mass is 323 g/mol. The van der Waals surface area contributed by atoms with Crippen molar-refractivity contribution in [3.05, 3.63) is 23.9 Å². The van der Waals surface area contributed by atoms with E-state index in [4.69, 9.17) is 4.74 Å². The van der Waals surface area contributed by atoms with Gasteiger partial charge in [-0.05, 0) is 24.0 Å². The summed E-state index contributed by atoms with van der Waals surface area (Å²) in [6.07, 6.45) is 2.51. The van der Waals surface area contributed by atoms with E-state index >= 15 is 0 Å². The molecule has 1 rings (SSSR count). The highest BCUT2D eigenvalue weighted by Crippen LogP contribution is 2.12. The number of hydrogen-bond acceptors (Lipinski definition) is 5. The van der Waals surface area contributed by atoms with Crippen LogP contribution in [0.1, 0.15) is 25.8 Å². The Labute approximate surface area is 138 Å². The predicted octanol–water partition coefficient (Wildman–Crippen LogP) is 2.00. The number of methoxy groups -OCH3 is 1. The number of hydrogen-bond donors (Lipinski definition) is 2. The van der Waals surface area contributed by atoms with Gasteiger partial charge in [0.25, 0.3) is 0 Å². The number of ether oxygens (including phenoxy) is 1. The van der Waals surface area contributed by atoms with Crippen LogP contribution in [0.25, 0.3) is 0 Å². The van der Waals surface area contributed by atoms with Crippen molar-refractivity contribution in [2.24, 2.45) is 11.8 Å². The fourth-order valence-electron chi connectivity index (χ4n) is 2.32. The second-order valence-corrected chi connectivity index (χ2v) is 6.23. The lowest BCUT2D eigenvalue weighted by Gasteiger charge is -2.18. The molecule has 2 N–H and O–H groups in total. The van der Waals surface area contributed by atoms with Gasteiger partial charge in [-0.15, -0.1) is 0 Å². The molecule has 1 unspecified atom stereocenters. The maximum Gasteiger partial charge on any atom is 0.307 e. The third-order valence-electron chi connectivity index (χ3n) is 3.66. The third kappa shape index (κ3) is 7.43. The molecule has 0 aliphatic heterocycles. The number of pyridine rings is 1. The van der Waals surface area contributed by atoms with E-state index in [9.17, 15) is 9.90 Å². The Morgan fingerprint density at radius 1 is 1.43 bits per heavy atom. The largest absolute Gasteiger partial charge is 0.481 e. The van der Waals surface area contributed by atoms with Crippen LogP contribution in [0, 0.1) is 11.8 Å². The van der Waals surface area contributed by atoms with Crippen LogP contribution in [-0.2, 0) is 16.1 Å². The average molecular weight is 323 g/mol. The minimum atomic E-state index is -0.737. The lowest BCUT2D eigenvalue weighted by Crippen LogP contribution is -2.29. The van der Waals surface area contributed by atoms with Crippen LogP contribution < -0.4 is 10.2 Å².